The Bertz CT molecular complexity index is 447. The molecule has 0 atom stereocenters. The second-order valence-electron chi connectivity index (χ2n) is 2.61. The SMILES string of the molecule is COc1c(O)c(O)cc2sccc12. The number of ether oxygens (including phenoxy) is 1. The fourth-order valence-corrected chi connectivity index (χ4v) is 2.08. The molecule has 1 aromatic carbocycles. The number of benzene rings is 1. The second-order valence-corrected chi connectivity index (χ2v) is 3.56. The van der Waals surface area contributed by atoms with Crippen LogP contribution < -0.4 is 4.74 Å². The van der Waals surface area contributed by atoms with Gasteiger partial charge in [-0.25, -0.2) is 0 Å². The molecule has 2 aromatic rings. The summed E-state index contributed by atoms with van der Waals surface area (Å²) in [5.41, 5.74) is 0. The van der Waals surface area contributed by atoms with Crippen molar-refractivity contribution >= 4 is 21.4 Å². The summed E-state index contributed by atoms with van der Waals surface area (Å²) in [5, 5.41) is 21.5. The highest BCUT2D eigenvalue weighted by Gasteiger charge is 2.12. The summed E-state index contributed by atoms with van der Waals surface area (Å²) in [7, 11) is 1.46. The molecule has 1 heterocycles. The van der Waals surface area contributed by atoms with E-state index in [9.17, 15) is 10.2 Å². The fourth-order valence-electron chi connectivity index (χ4n) is 1.26. The minimum atomic E-state index is -0.201. The summed E-state index contributed by atoms with van der Waals surface area (Å²) >= 11 is 1.49. The number of rotatable bonds is 1. The fraction of sp³-hybridized carbons (Fsp3) is 0.111. The molecule has 0 aliphatic rings. The molecule has 0 aliphatic carbocycles. The molecule has 2 rings (SSSR count). The monoisotopic (exact) mass is 196 g/mol. The Labute approximate surface area is 78.8 Å². The normalized spacial score (nSPS) is 10.5. The van der Waals surface area contributed by atoms with E-state index in [1.165, 1.54) is 24.5 Å². The molecule has 0 unspecified atom stereocenters. The van der Waals surface area contributed by atoms with Crippen LogP contribution in [0.2, 0.25) is 0 Å². The maximum atomic E-state index is 9.44. The number of phenols is 2. The van der Waals surface area contributed by atoms with Crippen LogP contribution in [0.3, 0.4) is 0 Å². The number of hydrogen-bond donors (Lipinski definition) is 2. The number of aromatic hydroxyl groups is 2. The van der Waals surface area contributed by atoms with Gasteiger partial charge in [-0.15, -0.1) is 11.3 Å². The maximum absolute atomic E-state index is 9.44. The first-order valence-corrected chi connectivity index (χ1v) is 4.58. The van der Waals surface area contributed by atoms with Gasteiger partial charge in [0, 0.05) is 16.2 Å². The zero-order chi connectivity index (χ0) is 9.42. The van der Waals surface area contributed by atoms with Crippen molar-refractivity contribution in [3.63, 3.8) is 0 Å². The highest BCUT2D eigenvalue weighted by molar-refractivity contribution is 7.17. The topological polar surface area (TPSA) is 49.7 Å². The average molecular weight is 196 g/mol. The molecule has 0 amide bonds. The van der Waals surface area contributed by atoms with Gasteiger partial charge in [0.1, 0.15) is 0 Å². The van der Waals surface area contributed by atoms with Crippen LogP contribution >= 0.6 is 11.3 Å². The van der Waals surface area contributed by atoms with Crippen molar-refractivity contribution in [2.45, 2.75) is 0 Å². The third kappa shape index (κ3) is 1.10. The van der Waals surface area contributed by atoms with Crippen molar-refractivity contribution in [1.29, 1.82) is 0 Å². The first kappa shape index (κ1) is 8.19. The lowest BCUT2D eigenvalue weighted by molar-refractivity contribution is 0.355. The van der Waals surface area contributed by atoms with Gasteiger partial charge in [0.05, 0.1) is 7.11 Å². The smallest absolute Gasteiger partial charge is 0.201 e. The summed E-state index contributed by atoms with van der Waals surface area (Å²) in [6.45, 7) is 0. The number of phenolic OH excluding ortho intramolecular Hbond substituents is 2. The lowest BCUT2D eigenvalue weighted by Gasteiger charge is -2.05. The molecule has 3 nitrogen and oxygen atoms in total. The number of hydrogen-bond acceptors (Lipinski definition) is 4. The number of methoxy groups -OCH3 is 1. The molecular weight excluding hydrogens is 188 g/mol. The zero-order valence-corrected chi connectivity index (χ0v) is 7.76. The summed E-state index contributed by atoms with van der Waals surface area (Å²) in [6, 6.07) is 3.37. The minimum Gasteiger partial charge on any atom is -0.504 e. The molecule has 0 aliphatic heterocycles. The molecule has 0 bridgehead atoms. The Kier molecular flexibility index (Phi) is 1.77. The first-order valence-electron chi connectivity index (χ1n) is 3.70. The van der Waals surface area contributed by atoms with E-state index < -0.39 is 0 Å². The van der Waals surface area contributed by atoms with Crippen LogP contribution in [0.1, 0.15) is 0 Å². The van der Waals surface area contributed by atoms with Crippen molar-refractivity contribution in [2.75, 3.05) is 7.11 Å². The van der Waals surface area contributed by atoms with Gasteiger partial charge >= 0.3 is 0 Å². The largest absolute Gasteiger partial charge is 0.504 e. The Morgan fingerprint density at radius 2 is 2.15 bits per heavy atom. The third-order valence-corrected chi connectivity index (χ3v) is 2.73. The van der Waals surface area contributed by atoms with E-state index in [1.54, 1.807) is 0 Å². The van der Waals surface area contributed by atoms with Crippen molar-refractivity contribution in [3.8, 4) is 17.2 Å². The van der Waals surface area contributed by atoms with Gasteiger partial charge < -0.3 is 14.9 Å². The van der Waals surface area contributed by atoms with E-state index in [0.29, 0.717) is 5.75 Å². The van der Waals surface area contributed by atoms with Gasteiger partial charge in [0.15, 0.2) is 11.5 Å². The standard InChI is InChI=1S/C9H8O3S/c1-12-9-5-2-3-13-7(5)4-6(10)8(9)11/h2-4,10-11H,1H3. The predicted molar refractivity (Wildman–Crippen MR) is 51.7 cm³/mol. The van der Waals surface area contributed by atoms with Gasteiger partial charge in [-0.2, -0.15) is 0 Å². The van der Waals surface area contributed by atoms with Gasteiger partial charge in [-0.1, -0.05) is 0 Å². The van der Waals surface area contributed by atoms with Crippen molar-refractivity contribution < 1.29 is 14.9 Å². The highest BCUT2D eigenvalue weighted by Crippen LogP contribution is 2.43. The first-order chi connectivity index (χ1) is 6.24. The summed E-state index contributed by atoms with van der Waals surface area (Å²) < 4.78 is 5.89. The maximum Gasteiger partial charge on any atom is 0.201 e. The molecule has 2 N–H and O–H groups in total. The highest BCUT2D eigenvalue weighted by atomic mass is 32.1. The van der Waals surface area contributed by atoms with Crippen LogP contribution in [0.15, 0.2) is 17.5 Å². The van der Waals surface area contributed by atoms with E-state index in [2.05, 4.69) is 0 Å². The van der Waals surface area contributed by atoms with Crippen LogP contribution in [-0.4, -0.2) is 17.3 Å². The molecule has 0 radical (unpaired) electrons. The number of thiophene rings is 1. The molecule has 0 spiro atoms. The molecule has 4 heteroatoms. The Morgan fingerprint density at radius 1 is 1.38 bits per heavy atom. The summed E-state index contributed by atoms with van der Waals surface area (Å²) in [5.74, 6) is -0.0172. The minimum absolute atomic E-state index is 0.146. The Balaban J connectivity index is 2.87. The second kappa shape index (κ2) is 2.81. The third-order valence-electron chi connectivity index (χ3n) is 1.87. The average Bonchev–Trinajstić information content (AvgIpc) is 2.54. The van der Waals surface area contributed by atoms with E-state index in [0.717, 1.165) is 10.1 Å². The van der Waals surface area contributed by atoms with Crippen LogP contribution in [0.5, 0.6) is 17.2 Å². The molecule has 0 fully saturated rings. The van der Waals surface area contributed by atoms with Crippen LogP contribution in [0, 0.1) is 0 Å². The van der Waals surface area contributed by atoms with Crippen LogP contribution in [-0.2, 0) is 0 Å². The lowest BCUT2D eigenvalue weighted by atomic mass is 10.2. The molecule has 0 saturated carbocycles. The molecule has 13 heavy (non-hydrogen) atoms. The summed E-state index contributed by atoms with van der Waals surface area (Å²) in [6.07, 6.45) is 0. The van der Waals surface area contributed by atoms with E-state index in [4.69, 9.17) is 4.74 Å². The van der Waals surface area contributed by atoms with Gasteiger partial charge in [0.2, 0.25) is 5.75 Å². The van der Waals surface area contributed by atoms with Crippen LogP contribution in [0.4, 0.5) is 0 Å². The lowest BCUT2D eigenvalue weighted by Crippen LogP contribution is -1.84. The van der Waals surface area contributed by atoms with Crippen LogP contribution in [0.25, 0.3) is 10.1 Å². The summed E-state index contributed by atoms with van der Waals surface area (Å²) in [4.78, 5) is 0. The van der Waals surface area contributed by atoms with E-state index in [-0.39, 0.29) is 11.5 Å². The van der Waals surface area contributed by atoms with Crippen molar-refractivity contribution in [1.82, 2.24) is 0 Å². The van der Waals surface area contributed by atoms with Gasteiger partial charge in [-0.3, -0.25) is 0 Å². The van der Waals surface area contributed by atoms with Gasteiger partial charge in [0.25, 0.3) is 0 Å². The van der Waals surface area contributed by atoms with E-state index in [1.807, 2.05) is 11.4 Å². The van der Waals surface area contributed by atoms with Gasteiger partial charge in [-0.05, 0) is 11.4 Å². The van der Waals surface area contributed by atoms with Crippen molar-refractivity contribution in [3.05, 3.63) is 17.5 Å². The number of fused-ring (bicyclic) bond motifs is 1. The quantitative estimate of drug-likeness (QED) is 0.688. The zero-order valence-electron chi connectivity index (χ0n) is 6.94. The van der Waals surface area contributed by atoms with Crippen molar-refractivity contribution in [2.24, 2.45) is 0 Å². The predicted octanol–water partition coefficient (Wildman–Crippen LogP) is 2.32. The molecule has 0 saturated heterocycles. The van der Waals surface area contributed by atoms with E-state index >= 15 is 0 Å². The Hall–Kier alpha value is -1.42. The molecule has 68 valence electrons. The molecule has 1 aromatic heterocycles. The Morgan fingerprint density at radius 3 is 2.85 bits per heavy atom. The molecular formula is C9H8O3S.